The molecule has 0 radical (unpaired) electrons. The Morgan fingerprint density at radius 2 is 1.76 bits per heavy atom. The molecule has 0 atom stereocenters. The molecule has 0 unspecified atom stereocenters. The van der Waals surface area contributed by atoms with Gasteiger partial charge in [-0.15, -0.1) is 0 Å². The maximum Gasteiger partial charge on any atom is 0.416 e. The molecule has 3 heterocycles. The predicted molar refractivity (Wildman–Crippen MR) is 165 cm³/mol. The normalized spacial score (nSPS) is 13.0. The van der Waals surface area contributed by atoms with Crippen LogP contribution in [0.5, 0.6) is 0 Å². The van der Waals surface area contributed by atoms with Gasteiger partial charge >= 0.3 is 6.18 Å². The highest BCUT2D eigenvalue weighted by molar-refractivity contribution is 6.09. The summed E-state index contributed by atoms with van der Waals surface area (Å²) in [5.74, 6) is -0.608. The second kappa shape index (κ2) is 11.9. The monoisotopic (exact) mass is 611 g/mol. The zero-order valence-corrected chi connectivity index (χ0v) is 24.4. The van der Waals surface area contributed by atoms with Crippen molar-refractivity contribution in [3.63, 3.8) is 0 Å². The maximum absolute atomic E-state index is 13.5. The number of halogens is 3. The molecular formula is C33H28F3N7O2. The molecule has 1 aliphatic heterocycles. The highest BCUT2D eigenvalue weighted by Gasteiger charge is 2.31. The van der Waals surface area contributed by atoms with Gasteiger partial charge in [0.2, 0.25) is 5.95 Å². The summed E-state index contributed by atoms with van der Waals surface area (Å²) in [5.41, 5.74) is 4.50. The molecule has 2 N–H and O–H groups in total. The average molecular weight is 612 g/mol. The molecule has 0 aliphatic carbocycles. The Bertz CT molecular complexity index is 1900. The number of anilines is 4. The molecule has 0 bridgehead atoms. The van der Waals surface area contributed by atoms with E-state index in [4.69, 9.17) is 0 Å². The zero-order valence-electron chi connectivity index (χ0n) is 24.4. The molecule has 9 nitrogen and oxygen atoms in total. The lowest BCUT2D eigenvalue weighted by Gasteiger charge is -2.29. The van der Waals surface area contributed by atoms with E-state index < -0.39 is 17.6 Å². The first kappa shape index (κ1) is 29.5. The minimum absolute atomic E-state index is 0.128. The van der Waals surface area contributed by atoms with Crippen molar-refractivity contribution in [2.75, 3.05) is 22.1 Å². The number of rotatable bonds is 7. The van der Waals surface area contributed by atoms with Crippen LogP contribution in [-0.2, 0) is 19.1 Å². The van der Waals surface area contributed by atoms with E-state index in [-0.39, 0.29) is 11.5 Å². The molecule has 2 amide bonds. The van der Waals surface area contributed by atoms with Crippen LogP contribution in [0, 0.1) is 6.92 Å². The fourth-order valence-electron chi connectivity index (χ4n) is 5.12. The van der Waals surface area contributed by atoms with Gasteiger partial charge < -0.3 is 15.5 Å². The summed E-state index contributed by atoms with van der Waals surface area (Å²) in [6.07, 6.45) is 1.22. The van der Waals surface area contributed by atoms with Gasteiger partial charge in [0.25, 0.3) is 11.8 Å². The highest BCUT2D eigenvalue weighted by Crippen LogP contribution is 2.32. The minimum atomic E-state index is -4.56. The van der Waals surface area contributed by atoms with Crippen molar-refractivity contribution < 1.29 is 22.8 Å². The number of aromatic nitrogens is 4. The van der Waals surface area contributed by atoms with Crippen molar-refractivity contribution in [2.45, 2.75) is 33.0 Å². The Kier molecular flexibility index (Phi) is 7.79. The molecule has 0 saturated carbocycles. The van der Waals surface area contributed by atoms with E-state index in [1.807, 2.05) is 55.2 Å². The summed E-state index contributed by atoms with van der Waals surface area (Å²) in [7, 11) is 0. The van der Waals surface area contributed by atoms with Gasteiger partial charge in [0.05, 0.1) is 23.0 Å². The Labute approximate surface area is 256 Å². The summed E-state index contributed by atoms with van der Waals surface area (Å²) < 4.78 is 41.2. The number of nitrogens with zero attached hydrogens (tertiary/aromatic N) is 5. The number of hydrogen-bond donors (Lipinski definition) is 2. The maximum atomic E-state index is 13.5. The van der Waals surface area contributed by atoms with Crippen molar-refractivity contribution in [3.8, 4) is 11.1 Å². The van der Waals surface area contributed by atoms with Gasteiger partial charge in [-0.05, 0) is 67.4 Å². The van der Waals surface area contributed by atoms with Gasteiger partial charge in [-0.2, -0.15) is 18.3 Å². The lowest BCUT2D eigenvalue weighted by Crippen LogP contribution is -2.38. The van der Waals surface area contributed by atoms with Gasteiger partial charge in [0.15, 0.2) is 0 Å². The second-order valence-corrected chi connectivity index (χ2v) is 10.6. The molecule has 6 rings (SSSR count). The zero-order chi connectivity index (χ0) is 31.7. The van der Waals surface area contributed by atoms with Crippen molar-refractivity contribution >= 4 is 34.8 Å². The Balaban J connectivity index is 1.16. The molecule has 12 heteroatoms. The van der Waals surface area contributed by atoms with Crippen molar-refractivity contribution in [2.24, 2.45) is 0 Å². The Hall–Kier alpha value is -5.52. The summed E-state index contributed by atoms with van der Waals surface area (Å²) in [6, 6.07) is 17.0. The lowest BCUT2D eigenvalue weighted by molar-refractivity contribution is -0.137. The number of benzene rings is 3. The number of nitrogens with one attached hydrogen (secondary N) is 2. The number of hydrogen-bond acceptors (Lipinski definition) is 6. The number of alkyl halides is 3. The SMILES string of the molecule is CCn1cc(-c2ccc(Nc3ncc4c(n3)CCN(c3cc(NC(=O)c5cccc(C(F)(F)F)c5)ccc3C)C4=O)cc2)cn1. The van der Waals surface area contributed by atoms with Crippen molar-refractivity contribution in [1.82, 2.24) is 19.7 Å². The smallest absolute Gasteiger partial charge is 0.324 e. The summed E-state index contributed by atoms with van der Waals surface area (Å²) in [4.78, 5) is 36.9. The third-order valence-electron chi connectivity index (χ3n) is 7.56. The third-order valence-corrected chi connectivity index (χ3v) is 7.56. The summed E-state index contributed by atoms with van der Waals surface area (Å²) >= 11 is 0. The Morgan fingerprint density at radius 1 is 0.978 bits per heavy atom. The lowest BCUT2D eigenvalue weighted by atomic mass is 10.0. The number of carbonyl (C=O) groups is 2. The first-order chi connectivity index (χ1) is 21.6. The first-order valence-electron chi connectivity index (χ1n) is 14.3. The van der Waals surface area contributed by atoms with Crippen LogP contribution < -0.4 is 15.5 Å². The van der Waals surface area contributed by atoms with Crippen LogP contribution in [0.2, 0.25) is 0 Å². The highest BCUT2D eigenvalue weighted by atomic mass is 19.4. The van der Waals surface area contributed by atoms with E-state index in [0.29, 0.717) is 41.5 Å². The van der Waals surface area contributed by atoms with Gasteiger partial charge in [0.1, 0.15) is 0 Å². The fraction of sp³-hybridized carbons (Fsp3) is 0.182. The largest absolute Gasteiger partial charge is 0.416 e. The fourth-order valence-corrected chi connectivity index (χ4v) is 5.12. The topological polar surface area (TPSA) is 105 Å². The standard InChI is InChI=1S/C33H28F3N7O2/c1-3-42-19-23(17-38-42)21-8-11-25(12-9-21)40-32-37-18-27-28(41-32)13-14-43(31(27)45)29-16-26(10-7-20(29)2)39-30(44)22-5-4-6-24(15-22)33(34,35)36/h4-12,15-19H,3,13-14H2,1-2H3,(H,39,44)(H,37,40,41). The number of carbonyl (C=O) groups excluding carboxylic acids is 2. The molecule has 0 spiro atoms. The van der Waals surface area contributed by atoms with E-state index in [2.05, 4.69) is 25.7 Å². The van der Waals surface area contributed by atoms with Gasteiger partial charge in [-0.1, -0.05) is 24.3 Å². The van der Waals surface area contributed by atoms with Gasteiger partial charge in [-0.25, -0.2) is 9.97 Å². The number of aryl methyl sites for hydroxylation is 2. The number of amides is 2. The van der Waals surface area contributed by atoms with E-state index in [9.17, 15) is 22.8 Å². The average Bonchev–Trinajstić information content (AvgIpc) is 3.52. The molecule has 5 aromatic rings. The third kappa shape index (κ3) is 6.26. The number of fused-ring (bicyclic) bond motifs is 1. The summed E-state index contributed by atoms with van der Waals surface area (Å²) in [5, 5.41) is 10.2. The molecule has 0 fully saturated rings. The van der Waals surface area contributed by atoms with Crippen LogP contribution in [0.4, 0.5) is 36.2 Å². The van der Waals surface area contributed by atoms with E-state index in [0.717, 1.165) is 41.1 Å². The molecule has 45 heavy (non-hydrogen) atoms. The van der Waals surface area contributed by atoms with Gasteiger partial charge in [0, 0.05) is 60.1 Å². The summed E-state index contributed by atoms with van der Waals surface area (Å²) in [6.45, 7) is 5.01. The predicted octanol–water partition coefficient (Wildman–Crippen LogP) is 6.89. The molecular weight excluding hydrogens is 583 g/mol. The van der Waals surface area contributed by atoms with Crippen LogP contribution in [-0.4, -0.2) is 38.1 Å². The van der Waals surface area contributed by atoms with Crippen LogP contribution in [0.1, 0.15) is 44.5 Å². The van der Waals surface area contributed by atoms with Crippen LogP contribution in [0.25, 0.3) is 11.1 Å². The molecule has 3 aromatic carbocycles. The van der Waals surface area contributed by atoms with Crippen LogP contribution in [0.3, 0.4) is 0 Å². The molecule has 2 aromatic heterocycles. The molecule has 1 aliphatic rings. The van der Waals surface area contributed by atoms with Crippen molar-refractivity contribution in [1.29, 1.82) is 0 Å². The molecule has 228 valence electrons. The van der Waals surface area contributed by atoms with E-state index >= 15 is 0 Å². The van der Waals surface area contributed by atoms with Gasteiger partial charge in [-0.3, -0.25) is 14.3 Å². The van der Waals surface area contributed by atoms with E-state index in [1.54, 1.807) is 23.1 Å². The second-order valence-electron chi connectivity index (χ2n) is 10.6. The quantitative estimate of drug-likeness (QED) is 0.208. The van der Waals surface area contributed by atoms with E-state index in [1.165, 1.54) is 18.3 Å². The molecule has 0 saturated heterocycles. The minimum Gasteiger partial charge on any atom is -0.324 e. The van der Waals surface area contributed by atoms with Crippen LogP contribution >= 0.6 is 0 Å². The Morgan fingerprint density at radius 3 is 2.49 bits per heavy atom. The first-order valence-corrected chi connectivity index (χ1v) is 14.3. The van der Waals surface area contributed by atoms with Crippen molar-refractivity contribution in [3.05, 3.63) is 113 Å². The van der Waals surface area contributed by atoms with Crippen LogP contribution in [0.15, 0.2) is 85.3 Å².